The maximum Gasteiger partial charge on any atom is 0.407 e. The first-order chi connectivity index (χ1) is 12.6. The number of rotatable bonds is 6. The van der Waals surface area contributed by atoms with Crippen molar-refractivity contribution < 1.29 is 23.9 Å². The molecule has 1 heterocycles. The molecule has 1 aromatic rings. The maximum absolute atomic E-state index is 12.6. The summed E-state index contributed by atoms with van der Waals surface area (Å²) in [5.41, 5.74) is -0.632. The van der Waals surface area contributed by atoms with Gasteiger partial charge in [-0.2, -0.15) is 0 Å². The second-order valence-electron chi connectivity index (χ2n) is 7.26. The zero-order valence-corrected chi connectivity index (χ0v) is 16.8. The first-order valence-corrected chi connectivity index (χ1v) is 9.14. The van der Waals surface area contributed by atoms with E-state index < -0.39 is 23.3 Å². The monoisotopic (exact) mass is 396 g/mol. The highest BCUT2D eigenvalue weighted by Crippen LogP contribution is 2.32. The maximum atomic E-state index is 12.6. The summed E-state index contributed by atoms with van der Waals surface area (Å²) < 4.78 is 10.4. The van der Waals surface area contributed by atoms with Crippen molar-refractivity contribution in [2.45, 2.75) is 51.7 Å². The lowest BCUT2D eigenvalue weighted by molar-refractivity contribution is -0.168. The van der Waals surface area contributed by atoms with Crippen LogP contribution in [0.25, 0.3) is 0 Å². The Morgan fingerprint density at radius 3 is 2.67 bits per heavy atom. The minimum Gasteiger partial charge on any atom is -0.463 e. The van der Waals surface area contributed by atoms with Gasteiger partial charge in [-0.15, -0.1) is 0 Å². The van der Waals surface area contributed by atoms with Crippen molar-refractivity contribution >= 4 is 29.4 Å². The van der Waals surface area contributed by atoms with E-state index in [1.807, 2.05) is 18.2 Å². The Morgan fingerprint density at radius 2 is 2.04 bits per heavy atom. The van der Waals surface area contributed by atoms with E-state index in [2.05, 4.69) is 10.5 Å². The first kappa shape index (κ1) is 21.0. The van der Waals surface area contributed by atoms with Crippen LogP contribution in [-0.4, -0.2) is 42.1 Å². The molecular formula is C19H25ClN2O5. The summed E-state index contributed by atoms with van der Waals surface area (Å²) in [6.07, 6.45) is -0.164. The number of carbonyl (C=O) groups excluding carboxylic acids is 2. The number of oxime groups is 1. The molecule has 148 valence electrons. The Balaban J connectivity index is 2.06. The molecule has 1 unspecified atom stereocenters. The number of hydrogen-bond acceptors (Lipinski definition) is 6. The number of hydrogen-bond donors (Lipinski definition) is 1. The summed E-state index contributed by atoms with van der Waals surface area (Å²) in [7, 11) is 0. The van der Waals surface area contributed by atoms with Crippen molar-refractivity contribution in [3.05, 3.63) is 34.9 Å². The summed E-state index contributed by atoms with van der Waals surface area (Å²) in [5.74, 6) is -0.513. The molecule has 1 amide bonds. The molecule has 0 saturated carbocycles. The molecule has 27 heavy (non-hydrogen) atoms. The van der Waals surface area contributed by atoms with Gasteiger partial charge < -0.3 is 19.6 Å². The zero-order valence-electron chi connectivity index (χ0n) is 16.0. The molecule has 0 radical (unpaired) electrons. The topological polar surface area (TPSA) is 86.2 Å². The van der Waals surface area contributed by atoms with Crippen molar-refractivity contribution in [2.24, 2.45) is 5.16 Å². The Morgan fingerprint density at radius 1 is 1.33 bits per heavy atom. The molecule has 2 rings (SSSR count). The van der Waals surface area contributed by atoms with Crippen molar-refractivity contribution in [1.29, 1.82) is 0 Å². The molecule has 1 aliphatic heterocycles. The number of esters is 1. The predicted octanol–water partition coefficient (Wildman–Crippen LogP) is 3.49. The SMILES string of the molecule is CCOC(=O)C1(Cc2ccccc2Cl)CC(CNC(=O)OC(C)(C)C)=NO1. The van der Waals surface area contributed by atoms with Gasteiger partial charge in [0.05, 0.1) is 18.9 Å². The molecule has 1 aliphatic rings. The lowest BCUT2D eigenvalue weighted by atomic mass is 9.89. The molecule has 7 nitrogen and oxygen atoms in total. The number of carbonyl (C=O) groups is 2. The molecule has 1 atom stereocenters. The smallest absolute Gasteiger partial charge is 0.407 e. The minimum atomic E-state index is -1.30. The van der Waals surface area contributed by atoms with E-state index in [1.54, 1.807) is 33.8 Å². The molecule has 8 heteroatoms. The summed E-state index contributed by atoms with van der Waals surface area (Å²) in [6.45, 7) is 7.38. The Hall–Kier alpha value is -2.28. The average Bonchev–Trinajstić information content (AvgIpc) is 2.98. The van der Waals surface area contributed by atoms with Gasteiger partial charge in [0, 0.05) is 17.9 Å². The highest BCUT2D eigenvalue weighted by atomic mass is 35.5. The van der Waals surface area contributed by atoms with Gasteiger partial charge in [-0.1, -0.05) is 35.0 Å². The van der Waals surface area contributed by atoms with E-state index in [1.165, 1.54) is 0 Å². The highest BCUT2D eigenvalue weighted by molar-refractivity contribution is 6.31. The highest BCUT2D eigenvalue weighted by Gasteiger charge is 2.48. The van der Waals surface area contributed by atoms with Crippen LogP contribution in [0.4, 0.5) is 4.79 Å². The van der Waals surface area contributed by atoms with Crippen LogP contribution in [0, 0.1) is 0 Å². The Labute approximate surface area is 164 Å². The van der Waals surface area contributed by atoms with Gasteiger partial charge in [0.15, 0.2) is 0 Å². The second-order valence-corrected chi connectivity index (χ2v) is 7.67. The van der Waals surface area contributed by atoms with Gasteiger partial charge in [0.1, 0.15) is 5.60 Å². The van der Waals surface area contributed by atoms with E-state index in [0.29, 0.717) is 10.7 Å². The lowest BCUT2D eigenvalue weighted by Gasteiger charge is -2.24. The van der Waals surface area contributed by atoms with E-state index in [0.717, 1.165) is 5.56 Å². The van der Waals surface area contributed by atoms with E-state index >= 15 is 0 Å². The van der Waals surface area contributed by atoms with Crippen LogP contribution in [0.5, 0.6) is 0 Å². The van der Waals surface area contributed by atoms with Gasteiger partial charge in [0.25, 0.3) is 0 Å². The summed E-state index contributed by atoms with van der Waals surface area (Å²) in [4.78, 5) is 29.9. The molecule has 1 N–H and O–H groups in total. The van der Waals surface area contributed by atoms with Gasteiger partial charge in [-0.25, -0.2) is 9.59 Å². The number of nitrogens with zero attached hydrogens (tertiary/aromatic N) is 1. The van der Waals surface area contributed by atoms with Crippen LogP contribution in [0.1, 0.15) is 39.7 Å². The van der Waals surface area contributed by atoms with Crippen molar-refractivity contribution in [1.82, 2.24) is 5.32 Å². The number of nitrogens with one attached hydrogen (secondary N) is 1. The standard InChI is InChI=1S/C19H25ClN2O5/c1-5-25-16(23)19(10-13-8-6-7-9-15(13)20)11-14(22-27-19)12-21-17(24)26-18(2,3)4/h6-9H,5,10-12H2,1-4H3,(H,21,24). The molecule has 0 aromatic heterocycles. The van der Waals surface area contributed by atoms with E-state index in [9.17, 15) is 9.59 Å². The average molecular weight is 397 g/mol. The number of amides is 1. The number of alkyl carbamates (subject to hydrolysis) is 1. The largest absolute Gasteiger partial charge is 0.463 e. The van der Waals surface area contributed by atoms with Crippen LogP contribution in [0.15, 0.2) is 29.4 Å². The Kier molecular flexibility index (Phi) is 6.70. The fourth-order valence-electron chi connectivity index (χ4n) is 2.62. The normalized spacial score (nSPS) is 19.1. The molecule has 0 bridgehead atoms. The number of halogens is 1. The first-order valence-electron chi connectivity index (χ1n) is 8.76. The van der Waals surface area contributed by atoms with Crippen molar-refractivity contribution in [2.75, 3.05) is 13.2 Å². The summed E-state index contributed by atoms with van der Waals surface area (Å²) in [5, 5.41) is 7.14. The van der Waals surface area contributed by atoms with Crippen LogP contribution in [-0.2, 0) is 25.5 Å². The fraction of sp³-hybridized carbons (Fsp3) is 0.526. The lowest BCUT2D eigenvalue weighted by Crippen LogP contribution is -2.44. The molecule has 0 fully saturated rings. The minimum absolute atomic E-state index is 0.110. The number of benzene rings is 1. The van der Waals surface area contributed by atoms with Crippen LogP contribution < -0.4 is 5.32 Å². The van der Waals surface area contributed by atoms with Gasteiger partial charge in [0.2, 0.25) is 5.60 Å². The molecule has 0 spiro atoms. The van der Waals surface area contributed by atoms with Crippen molar-refractivity contribution in [3.8, 4) is 0 Å². The summed E-state index contributed by atoms with van der Waals surface area (Å²) >= 11 is 6.23. The van der Waals surface area contributed by atoms with Crippen LogP contribution in [0.2, 0.25) is 5.02 Å². The third kappa shape index (κ3) is 5.85. The Bertz CT molecular complexity index is 729. The van der Waals surface area contributed by atoms with Gasteiger partial charge in [-0.05, 0) is 39.3 Å². The molecule has 0 saturated heterocycles. The van der Waals surface area contributed by atoms with Gasteiger partial charge >= 0.3 is 12.1 Å². The molecule has 0 aliphatic carbocycles. The molecule has 1 aromatic carbocycles. The molecular weight excluding hydrogens is 372 g/mol. The van der Waals surface area contributed by atoms with Gasteiger partial charge in [-0.3, -0.25) is 0 Å². The van der Waals surface area contributed by atoms with Crippen molar-refractivity contribution in [3.63, 3.8) is 0 Å². The van der Waals surface area contributed by atoms with Crippen LogP contribution >= 0.6 is 11.6 Å². The van der Waals surface area contributed by atoms with E-state index in [4.69, 9.17) is 25.9 Å². The fourth-order valence-corrected chi connectivity index (χ4v) is 2.82. The summed E-state index contributed by atoms with van der Waals surface area (Å²) in [6, 6.07) is 7.21. The third-order valence-corrected chi connectivity index (χ3v) is 4.12. The zero-order chi connectivity index (χ0) is 20.1. The number of ether oxygens (including phenoxy) is 2. The van der Waals surface area contributed by atoms with Crippen LogP contribution in [0.3, 0.4) is 0 Å². The predicted molar refractivity (Wildman–Crippen MR) is 102 cm³/mol. The quantitative estimate of drug-likeness (QED) is 0.744. The second kappa shape index (κ2) is 8.61. The third-order valence-electron chi connectivity index (χ3n) is 3.76. The van der Waals surface area contributed by atoms with E-state index in [-0.39, 0.29) is 26.0 Å².